The summed E-state index contributed by atoms with van der Waals surface area (Å²) < 4.78 is 5.31. The molecule has 1 heterocycles. The number of hydrogen-bond acceptors (Lipinski definition) is 6. The zero-order valence-corrected chi connectivity index (χ0v) is 13.5. The third-order valence-electron chi connectivity index (χ3n) is 2.85. The third-order valence-corrected chi connectivity index (χ3v) is 3.86. The molecule has 6 nitrogen and oxygen atoms in total. The van der Waals surface area contributed by atoms with Crippen LogP contribution < -0.4 is 16.3 Å². The number of Topliss-reactive ketones (excluding diaryl/α,β-unsaturated/α-hetero) is 1. The van der Waals surface area contributed by atoms with Gasteiger partial charge in [0.1, 0.15) is 11.3 Å². The number of anilines is 1. The van der Waals surface area contributed by atoms with Gasteiger partial charge in [-0.05, 0) is 26.0 Å². The van der Waals surface area contributed by atoms with Gasteiger partial charge in [0, 0.05) is 11.0 Å². The van der Waals surface area contributed by atoms with Crippen LogP contribution in [0.25, 0.3) is 0 Å². The van der Waals surface area contributed by atoms with Crippen molar-refractivity contribution in [2.45, 2.75) is 18.7 Å². The molecule has 2 aromatic rings. The Morgan fingerprint density at radius 1 is 1.22 bits per heavy atom. The van der Waals surface area contributed by atoms with Crippen LogP contribution in [0.5, 0.6) is 0 Å². The summed E-state index contributed by atoms with van der Waals surface area (Å²) in [6, 6.07) is 10.7. The van der Waals surface area contributed by atoms with E-state index in [0.29, 0.717) is 5.76 Å². The number of carbonyl (C=O) groups excluding carboxylic acids is 2. The van der Waals surface area contributed by atoms with Crippen LogP contribution in [0.2, 0.25) is 0 Å². The maximum absolute atomic E-state index is 11.8. The van der Waals surface area contributed by atoms with Crippen molar-refractivity contribution >= 4 is 29.3 Å². The lowest BCUT2D eigenvalue weighted by molar-refractivity contribution is -0.118. The van der Waals surface area contributed by atoms with E-state index in [9.17, 15) is 14.4 Å². The van der Waals surface area contributed by atoms with E-state index in [1.165, 1.54) is 24.8 Å². The second-order valence-corrected chi connectivity index (χ2v) is 5.81. The molecule has 1 aromatic carbocycles. The zero-order chi connectivity index (χ0) is 16.8. The van der Waals surface area contributed by atoms with Crippen LogP contribution in [0.3, 0.4) is 0 Å². The topological polar surface area (TPSA) is 88.4 Å². The van der Waals surface area contributed by atoms with Gasteiger partial charge in [0.15, 0.2) is 11.2 Å². The molecule has 0 saturated carbocycles. The van der Waals surface area contributed by atoms with Crippen molar-refractivity contribution < 1.29 is 14.0 Å². The van der Waals surface area contributed by atoms with E-state index in [1.807, 2.05) is 30.3 Å². The molecule has 0 aliphatic heterocycles. The quantitative estimate of drug-likeness (QED) is 0.480. The molecule has 0 unspecified atom stereocenters. The van der Waals surface area contributed by atoms with Crippen molar-refractivity contribution in [1.29, 1.82) is 0 Å². The second kappa shape index (κ2) is 7.64. The van der Waals surface area contributed by atoms with Crippen LogP contribution in [0.4, 0.5) is 5.88 Å². The fourth-order valence-electron chi connectivity index (χ4n) is 1.86. The highest BCUT2D eigenvalue weighted by atomic mass is 32.2. The first-order valence-electron chi connectivity index (χ1n) is 6.86. The molecular formula is C16H16N2O4S. The highest BCUT2D eigenvalue weighted by Crippen LogP contribution is 2.17. The first-order chi connectivity index (χ1) is 11.0. The molecule has 0 aliphatic carbocycles. The first kappa shape index (κ1) is 16.8. The van der Waals surface area contributed by atoms with Crippen molar-refractivity contribution in [3.8, 4) is 0 Å². The molecule has 0 bridgehead atoms. The molecule has 0 saturated heterocycles. The number of carbonyl (C=O) groups is 2. The molecule has 120 valence electrons. The summed E-state index contributed by atoms with van der Waals surface area (Å²) in [6.45, 7) is 2.85. The van der Waals surface area contributed by atoms with Crippen LogP contribution in [0.1, 0.15) is 23.0 Å². The standard InChI is InChI=1S/C16H16N2O4S/c1-10-8-13(20)15(11(2)19)16(22-10)18-17-14(21)9-23-12-6-4-3-5-7-12/h3-8,18H,9H2,1-2H3,(H,17,21). The SMILES string of the molecule is CC(=O)c1c(NNC(=O)CSc2ccccc2)oc(C)cc1=O. The third kappa shape index (κ3) is 4.72. The minimum absolute atomic E-state index is 0.0550. The van der Waals surface area contributed by atoms with Crippen molar-refractivity contribution in [1.82, 2.24) is 5.43 Å². The maximum Gasteiger partial charge on any atom is 0.248 e. The number of nitrogens with one attached hydrogen (secondary N) is 2. The Labute approximate surface area is 137 Å². The molecule has 0 fully saturated rings. The van der Waals surface area contributed by atoms with Crippen LogP contribution in [-0.4, -0.2) is 17.4 Å². The van der Waals surface area contributed by atoms with E-state index < -0.39 is 11.2 Å². The summed E-state index contributed by atoms with van der Waals surface area (Å²) in [4.78, 5) is 36.2. The number of hydrogen-bond donors (Lipinski definition) is 2. The van der Waals surface area contributed by atoms with E-state index in [4.69, 9.17) is 4.42 Å². The van der Waals surface area contributed by atoms with Gasteiger partial charge in [0.05, 0.1) is 5.75 Å². The molecule has 1 amide bonds. The van der Waals surface area contributed by atoms with Crippen LogP contribution in [0, 0.1) is 6.92 Å². The lowest BCUT2D eigenvalue weighted by atomic mass is 10.2. The molecule has 23 heavy (non-hydrogen) atoms. The molecule has 7 heteroatoms. The van der Waals surface area contributed by atoms with Gasteiger partial charge in [0.25, 0.3) is 0 Å². The Balaban J connectivity index is 1.99. The highest BCUT2D eigenvalue weighted by molar-refractivity contribution is 8.00. The monoisotopic (exact) mass is 332 g/mol. The Morgan fingerprint density at radius 2 is 1.91 bits per heavy atom. The lowest BCUT2D eigenvalue weighted by Gasteiger charge is -2.10. The normalized spacial score (nSPS) is 10.2. The Bertz CT molecular complexity index is 771. The minimum atomic E-state index is -0.448. The van der Waals surface area contributed by atoms with Gasteiger partial charge in [0.2, 0.25) is 11.8 Å². The molecule has 2 rings (SSSR count). The fourth-order valence-corrected chi connectivity index (χ4v) is 2.58. The van der Waals surface area contributed by atoms with E-state index >= 15 is 0 Å². The number of hydrazine groups is 1. The predicted octanol–water partition coefficient (Wildman–Crippen LogP) is 2.39. The molecule has 0 aliphatic rings. The van der Waals surface area contributed by atoms with Crippen LogP contribution in [-0.2, 0) is 4.79 Å². The van der Waals surface area contributed by atoms with E-state index in [1.54, 1.807) is 6.92 Å². The van der Waals surface area contributed by atoms with Gasteiger partial charge in [-0.15, -0.1) is 11.8 Å². The molecule has 0 atom stereocenters. The molecule has 1 aromatic heterocycles. The summed E-state index contributed by atoms with van der Waals surface area (Å²) in [5.74, 6) is -0.273. The average molecular weight is 332 g/mol. The van der Waals surface area contributed by atoms with E-state index in [0.717, 1.165) is 4.90 Å². The van der Waals surface area contributed by atoms with Gasteiger partial charge in [-0.2, -0.15) is 0 Å². The second-order valence-electron chi connectivity index (χ2n) is 4.76. The Hall–Kier alpha value is -2.54. The smallest absolute Gasteiger partial charge is 0.248 e. The van der Waals surface area contributed by atoms with Gasteiger partial charge in [-0.3, -0.25) is 25.2 Å². The summed E-state index contributed by atoms with van der Waals surface area (Å²) in [5, 5.41) is 0. The summed E-state index contributed by atoms with van der Waals surface area (Å²) in [5.41, 5.74) is 4.37. The number of benzene rings is 1. The minimum Gasteiger partial charge on any atom is -0.443 e. The van der Waals surface area contributed by atoms with Gasteiger partial charge >= 0.3 is 0 Å². The number of rotatable bonds is 6. The lowest BCUT2D eigenvalue weighted by Crippen LogP contribution is -2.32. The maximum atomic E-state index is 11.8. The number of aryl methyl sites for hydroxylation is 1. The van der Waals surface area contributed by atoms with Gasteiger partial charge in [-0.25, -0.2) is 0 Å². The zero-order valence-electron chi connectivity index (χ0n) is 12.7. The molecular weight excluding hydrogens is 316 g/mol. The first-order valence-corrected chi connectivity index (χ1v) is 7.84. The summed E-state index contributed by atoms with van der Waals surface area (Å²) in [7, 11) is 0. The highest BCUT2D eigenvalue weighted by Gasteiger charge is 2.16. The van der Waals surface area contributed by atoms with Gasteiger partial charge in [-0.1, -0.05) is 18.2 Å². The van der Waals surface area contributed by atoms with E-state index in [2.05, 4.69) is 10.9 Å². The van der Waals surface area contributed by atoms with Crippen LogP contribution in [0.15, 0.2) is 50.5 Å². The Morgan fingerprint density at radius 3 is 2.57 bits per heavy atom. The fraction of sp³-hybridized carbons (Fsp3) is 0.188. The van der Waals surface area contributed by atoms with Crippen molar-refractivity contribution in [3.05, 3.63) is 57.9 Å². The number of amides is 1. The number of thioether (sulfide) groups is 1. The Kier molecular flexibility index (Phi) is 5.59. The largest absolute Gasteiger partial charge is 0.443 e. The molecule has 0 radical (unpaired) electrons. The summed E-state index contributed by atoms with van der Waals surface area (Å²) in [6.07, 6.45) is 0. The van der Waals surface area contributed by atoms with Crippen molar-refractivity contribution in [2.75, 3.05) is 11.2 Å². The predicted molar refractivity (Wildman–Crippen MR) is 88.7 cm³/mol. The van der Waals surface area contributed by atoms with Crippen LogP contribution >= 0.6 is 11.8 Å². The van der Waals surface area contributed by atoms with Crippen molar-refractivity contribution in [3.63, 3.8) is 0 Å². The number of ketones is 1. The van der Waals surface area contributed by atoms with Crippen molar-refractivity contribution in [2.24, 2.45) is 0 Å². The summed E-state index contributed by atoms with van der Waals surface area (Å²) >= 11 is 1.37. The van der Waals surface area contributed by atoms with E-state index in [-0.39, 0.29) is 23.1 Å². The average Bonchev–Trinajstić information content (AvgIpc) is 2.50. The molecule has 0 spiro atoms. The molecule has 2 N–H and O–H groups in total. The van der Waals surface area contributed by atoms with Gasteiger partial charge < -0.3 is 4.42 Å².